The number of likely N-dealkylation sites (tertiary alicyclic amines) is 1. The molecule has 6 heteroatoms. The molecule has 6 nitrogen and oxygen atoms in total. The second kappa shape index (κ2) is 8.04. The van der Waals surface area contributed by atoms with Gasteiger partial charge in [0, 0.05) is 44.0 Å². The van der Waals surface area contributed by atoms with E-state index in [0.717, 1.165) is 38.3 Å². The Kier molecular flexibility index (Phi) is 5.27. The fraction of sp³-hybridized carbons (Fsp3) is 0.739. The number of fused-ring (bicyclic) bond motifs is 4. The average Bonchev–Trinajstić information content (AvgIpc) is 2.77. The van der Waals surface area contributed by atoms with E-state index in [-0.39, 0.29) is 5.91 Å². The molecule has 2 bridgehead atoms. The Labute approximate surface area is 173 Å². The van der Waals surface area contributed by atoms with E-state index in [1.807, 2.05) is 4.90 Å². The van der Waals surface area contributed by atoms with Crippen molar-refractivity contribution in [3.63, 3.8) is 0 Å². The van der Waals surface area contributed by atoms with Crippen molar-refractivity contribution in [2.45, 2.75) is 76.3 Å². The van der Waals surface area contributed by atoms with Crippen molar-refractivity contribution in [2.24, 2.45) is 17.8 Å². The second-order valence-corrected chi connectivity index (χ2v) is 9.66. The van der Waals surface area contributed by atoms with Gasteiger partial charge in [0.25, 0.3) is 5.91 Å². The molecule has 1 saturated carbocycles. The molecule has 1 aromatic heterocycles. The molecular weight excluding hydrogens is 364 g/mol. The molecule has 0 N–H and O–H groups in total. The molecule has 29 heavy (non-hydrogen) atoms. The van der Waals surface area contributed by atoms with E-state index in [2.05, 4.69) is 14.9 Å². The lowest BCUT2D eigenvalue weighted by Crippen LogP contribution is -2.65. The maximum Gasteiger partial charge on any atom is 0.257 e. The Morgan fingerprint density at radius 1 is 1.00 bits per heavy atom. The van der Waals surface area contributed by atoms with Crippen molar-refractivity contribution < 1.29 is 9.59 Å². The SMILES string of the molecule is O=C(c1cncnc1)N1C[C@H]2C[C@@H](C1)[C@H](CC1CCCCC1)N1C(=O)CCC[C@@H]21. The Morgan fingerprint density at radius 3 is 2.55 bits per heavy atom. The van der Waals surface area contributed by atoms with Gasteiger partial charge in [0.2, 0.25) is 5.91 Å². The van der Waals surface area contributed by atoms with Crippen LogP contribution in [0.4, 0.5) is 0 Å². The summed E-state index contributed by atoms with van der Waals surface area (Å²) in [6.45, 7) is 1.52. The third-order valence-corrected chi connectivity index (χ3v) is 7.89. The molecule has 3 saturated heterocycles. The van der Waals surface area contributed by atoms with Crippen LogP contribution in [0.15, 0.2) is 18.7 Å². The summed E-state index contributed by atoms with van der Waals surface area (Å²) in [5.74, 6) is 1.98. The van der Waals surface area contributed by atoms with Crippen LogP contribution in [0.5, 0.6) is 0 Å². The zero-order chi connectivity index (χ0) is 19.8. The highest BCUT2D eigenvalue weighted by molar-refractivity contribution is 5.93. The number of hydrogen-bond donors (Lipinski definition) is 0. The van der Waals surface area contributed by atoms with Crippen LogP contribution >= 0.6 is 0 Å². The fourth-order valence-corrected chi connectivity index (χ4v) is 6.60. The standard InChI is InChI=1S/C23H32N4O2/c28-22-8-4-7-20-17-10-18(21(27(20)22)9-16-5-2-1-3-6-16)14-26(13-17)23(29)19-11-24-15-25-12-19/h11-12,15-18,20-21H,1-10,13-14H2/t17-,18+,20+,21+/m1/s1. The van der Waals surface area contributed by atoms with E-state index in [4.69, 9.17) is 0 Å². The first-order chi connectivity index (χ1) is 14.2. The number of rotatable bonds is 3. The molecule has 2 amide bonds. The topological polar surface area (TPSA) is 66.4 Å². The van der Waals surface area contributed by atoms with Gasteiger partial charge < -0.3 is 9.80 Å². The molecule has 1 aromatic rings. The number of amides is 2. The van der Waals surface area contributed by atoms with Crippen LogP contribution in [-0.2, 0) is 4.79 Å². The van der Waals surface area contributed by atoms with E-state index < -0.39 is 0 Å². The number of nitrogens with zero attached hydrogens (tertiary/aromatic N) is 4. The van der Waals surface area contributed by atoms with Crippen molar-refractivity contribution in [1.82, 2.24) is 19.8 Å². The summed E-state index contributed by atoms with van der Waals surface area (Å²) in [6.07, 6.45) is 16.5. The third kappa shape index (κ3) is 3.66. The Morgan fingerprint density at radius 2 is 1.76 bits per heavy atom. The second-order valence-electron chi connectivity index (χ2n) is 9.66. The summed E-state index contributed by atoms with van der Waals surface area (Å²) in [4.78, 5) is 38.5. The third-order valence-electron chi connectivity index (χ3n) is 7.89. The quantitative estimate of drug-likeness (QED) is 0.786. The number of carbonyl (C=O) groups excluding carboxylic acids is 2. The van der Waals surface area contributed by atoms with Gasteiger partial charge in [0.05, 0.1) is 5.56 Å². The van der Waals surface area contributed by atoms with Gasteiger partial charge in [-0.1, -0.05) is 32.1 Å². The van der Waals surface area contributed by atoms with Crippen LogP contribution in [-0.4, -0.2) is 56.8 Å². The summed E-state index contributed by atoms with van der Waals surface area (Å²) in [7, 11) is 0. The first kappa shape index (κ1) is 19.0. The van der Waals surface area contributed by atoms with Gasteiger partial charge in [-0.05, 0) is 43.4 Å². The zero-order valence-electron chi connectivity index (χ0n) is 17.2. The van der Waals surface area contributed by atoms with E-state index in [1.165, 1.54) is 44.9 Å². The normalized spacial score (nSPS) is 32.8. The monoisotopic (exact) mass is 396 g/mol. The molecule has 156 valence electrons. The Hall–Kier alpha value is -1.98. The summed E-state index contributed by atoms with van der Waals surface area (Å²) in [6, 6.07) is 0.637. The van der Waals surface area contributed by atoms with E-state index in [9.17, 15) is 9.59 Å². The minimum absolute atomic E-state index is 0.0484. The van der Waals surface area contributed by atoms with Gasteiger partial charge in [-0.3, -0.25) is 9.59 Å². The number of hydrogen-bond acceptors (Lipinski definition) is 4. The van der Waals surface area contributed by atoms with Crippen molar-refractivity contribution in [3.05, 3.63) is 24.3 Å². The van der Waals surface area contributed by atoms with Gasteiger partial charge in [0.1, 0.15) is 6.33 Å². The lowest BCUT2D eigenvalue weighted by Gasteiger charge is -2.57. The van der Waals surface area contributed by atoms with Gasteiger partial charge in [-0.2, -0.15) is 0 Å². The van der Waals surface area contributed by atoms with Crippen molar-refractivity contribution in [3.8, 4) is 0 Å². The van der Waals surface area contributed by atoms with E-state index in [0.29, 0.717) is 41.8 Å². The predicted molar refractivity (Wildman–Crippen MR) is 109 cm³/mol. The van der Waals surface area contributed by atoms with Crippen molar-refractivity contribution in [1.29, 1.82) is 0 Å². The molecule has 4 aliphatic rings. The number of piperidine rings is 3. The maximum atomic E-state index is 13.1. The molecule has 4 atom stereocenters. The van der Waals surface area contributed by atoms with Crippen molar-refractivity contribution >= 4 is 11.8 Å². The van der Waals surface area contributed by atoms with E-state index >= 15 is 0 Å². The van der Waals surface area contributed by atoms with Crippen LogP contribution in [0, 0.1) is 17.8 Å². The molecule has 4 heterocycles. The first-order valence-electron chi connectivity index (χ1n) is 11.6. The molecule has 0 unspecified atom stereocenters. The predicted octanol–water partition coefficient (Wildman–Crippen LogP) is 3.29. The molecular formula is C23H32N4O2. The Balaban J connectivity index is 1.39. The molecule has 0 aromatic carbocycles. The summed E-state index contributed by atoms with van der Waals surface area (Å²) >= 11 is 0. The van der Waals surface area contributed by atoms with Crippen molar-refractivity contribution in [2.75, 3.05) is 13.1 Å². The minimum atomic E-state index is 0.0484. The summed E-state index contributed by atoms with van der Waals surface area (Å²) in [5, 5.41) is 0. The molecule has 0 radical (unpaired) electrons. The molecule has 1 aliphatic carbocycles. The lowest BCUT2D eigenvalue weighted by molar-refractivity contribution is -0.153. The molecule has 3 aliphatic heterocycles. The fourth-order valence-electron chi connectivity index (χ4n) is 6.60. The highest BCUT2D eigenvalue weighted by Gasteiger charge is 2.50. The smallest absolute Gasteiger partial charge is 0.257 e. The summed E-state index contributed by atoms with van der Waals surface area (Å²) in [5.41, 5.74) is 0.577. The van der Waals surface area contributed by atoms with Crippen LogP contribution in [0.1, 0.15) is 74.6 Å². The minimum Gasteiger partial charge on any atom is -0.338 e. The first-order valence-corrected chi connectivity index (χ1v) is 11.6. The highest BCUT2D eigenvalue weighted by Crippen LogP contribution is 2.44. The Bertz CT molecular complexity index is 749. The van der Waals surface area contributed by atoms with Gasteiger partial charge in [-0.25, -0.2) is 9.97 Å². The van der Waals surface area contributed by atoms with Crippen LogP contribution in [0.2, 0.25) is 0 Å². The van der Waals surface area contributed by atoms with E-state index in [1.54, 1.807) is 12.4 Å². The zero-order valence-corrected chi connectivity index (χ0v) is 17.2. The lowest BCUT2D eigenvalue weighted by atomic mass is 9.69. The number of aromatic nitrogens is 2. The molecule has 5 rings (SSSR count). The van der Waals surface area contributed by atoms with Crippen LogP contribution in [0.3, 0.4) is 0 Å². The maximum absolute atomic E-state index is 13.1. The number of carbonyl (C=O) groups is 2. The summed E-state index contributed by atoms with van der Waals surface area (Å²) < 4.78 is 0. The van der Waals surface area contributed by atoms with Crippen LogP contribution < -0.4 is 0 Å². The van der Waals surface area contributed by atoms with Crippen LogP contribution in [0.25, 0.3) is 0 Å². The largest absolute Gasteiger partial charge is 0.338 e. The highest BCUT2D eigenvalue weighted by atomic mass is 16.2. The molecule has 4 fully saturated rings. The van der Waals surface area contributed by atoms with Gasteiger partial charge in [0.15, 0.2) is 0 Å². The molecule has 0 spiro atoms. The van der Waals surface area contributed by atoms with Gasteiger partial charge in [-0.15, -0.1) is 0 Å². The van der Waals surface area contributed by atoms with Gasteiger partial charge >= 0.3 is 0 Å². The average molecular weight is 397 g/mol.